The Morgan fingerprint density at radius 1 is 1.04 bits per heavy atom. The van der Waals surface area contributed by atoms with Gasteiger partial charge in [0.25, 0.3) is 0 Å². The summed E-state index contributed by atoms with van der Waals surface area (Å²) in [7, 11) is 0. The molecule has 3 rings (SSSR count). The van der Waals surface area contributed by atoms with Gasteiger partial charge in [0, 0.05) is 19.3 Å². The summed E-state index contributed by atoms with van der Waals surface area (Å²) in [5, 5.41) is 12.3. The zero-order valence-electron chi connectivity index (χ0n) is 14.1. The third-order valence-electron chi connectivity index (χ3n) is 3.86. The largest absolute Gasteiger partial charge is 0.352 e. The Labute approximate surface area is 147 Å². The molecular weight excluding hydrogens is 310 g/mol. The average Bonchev–Trinajstić information content (AvgIpc) is 2.67. The first-order valence-electron chi connectivity index (χ1n) is 8.18. The quantitative estimate of drug-likeness (QED) is 0.737. The van der Waals surface area contributed by atoms with Crippen molar-refractivity contribution >= 4 is 17.5 Å². The molecule has 25 heavy (non-hydrogen) atoms. The molecule has 0 bridgehead atoms. The number of anilines is 3. The van der Waals surface area contributed by atoms with E-state index in [4.69, 9.17) is 0 Å². The molecule has 0 radical (unpaired) electrons. The zero-order valence-corrected chi connectivity index (χ0v) is 14.1. The van der Waals surface area contributed by atoms with Gasteiger partial charge in [0.05, 0.1) is 11.3 Å². The molecule has 3 aromatic rings. The van der Waals surface area contributed by atoms with E-state index in [9.17, 15) is 5.26 Å². The van der Waals surface area contributed by atoms with Crippen molar-refractivity contribution in [3.05, 3.63) is 78.0 Å². The Bertz CT molecular complexity index is 871. The molecule has 1 aromatic heterocycles. The number of nitrogens with zero attached hydrogens (tertiary/aromatic N) is 4. The molecule has 0 saturated heterocycles. The smallest absolute Gasteiger partial charge is 0.229 e. The van der Waals surface area contributed by atoms with Crippen molar-refractivity contribution in [3.63, 3.8) is 0 Å². The first kappa shape index (κ1) is 16.5. The lowest BCUT2D eigenvalue weighted by molar-refractivity contribution is 0.811. The van der Waals surface area contributed by atoms with Crippen molar-refractivity contribution in [1.82, 2.24) is 9.97 Å². The maximum absolute atomic E-state index is 9.20. The molecule has 0 atom stereocenters. The van der Waals surface area contributed by atoms with Crippen molar-refractivity contribution in [1.29, 1.82) is 5.26 Å². The molecular formula is C20H19N5. The fourth-order valence-corrected chi connectivity index (χ4v) is 2.55. The number of nitriles is 1. The summed E-state index contributed by atoms with van der Waals surface area (Å²) in [4.78, 5) is 11.1. The van der Waals surface area contributed by atoms with E-state index in [1.54, 1.807) is 12.3 Å². The van der Waals surface area contributed by atoms with Crippen molar-refractivity contribution in [2.45, 2.75) is 13.5 Å². The number of nitrogens with one attached hydrogen (secondary N) is 1. The Morgan fingerprint density at radius 2 is 1.80 bits per heavy atom. The van der Waals surface area contributed by atoms with Crippen LogP contribution in [0.3, 0.4) is 0 Å². The summed E-state index contributed by atoms with van der Waals surface area (Å²) in [5.41, 5.74) is 2.49. The van der Waals surface area contributed by atoms with Gasteiger partial charge in [-0.1, -0.05) is 42.5 Å². The Balaban J connectivity index is 1.81. The van der Waals surface area contributed by atoms with Crippen LogP contribution in [0.5, 0.6) is 0 Å². The van der Waals surface area contributed by atoms with Gasteiger partial charge in [-0.25, -0.2) is 4.98 Å². The molecule has 0 aliphatic rings. The second-order valence-corrected chi connectivity index (χ2v) is 5.52. The molecule has 0 saturated carbocycles. The summed E-state index contributed by atoms with van der Waals surface area (Å²) >= 11 is 0. The molecule has 5 heteroatoms. The van der Waals surface area contributed by atoms with Crippen molar-refractivity contribution < 1.29 is 0 Å². The third-order valence-corrected chi connectivity index (χ3v) is 3.86. The molecule has 2 aromatic carbocycles. The van der Waals surface area contributed by atoms with Crippen molar-refractivity contribution in [2.24, 2.45) is 0 Å². The SMILES string of the molecule is CCN(Cc1ccccc1)c1ccnc(Nc2ccccc2C#N)n1. The second kappa shape index (κ2) is 7.93. The van der Waals surface area contributed by atoms with Gasteiger partial charge < -0.3 is 10.2 Å². The van der Waals surface area contributed by atoms with Crippen molar-refractivity contribution in [3.8, 4) is 6.07 Å². The Morgan fingerprint density at radius 3 is 2.56 bits per heavy atom. The van der Waals surface area contributed by atoms with Gasteiger partial charge in [0.15, 0.2) is 0 Å². The van der Waals surface area contributed by atoms with Gasteiger partial charge in [-0.05, 0) is 30.7 Å². The minimum absolute atomic E-state index is 0.478. The number of benzene rings is 2. The fraction of sp³-hybridized carbons (Fsp3) is 0.150. The molecule has 5 nitrogen and oxygen atoms in total. The number of hydrogen-bond donors (Lipinski definition) is 1. The summed E-state index contributed by atoms with van der Waals surface area (Å²) in [6.45, 7) is 3.71. The maximum atomic E-state index is 9.20. The number of rotatable bonds is 6. The normalized spacial score (nSPS) is 10.1. The third kappa shape index (κ3) is 4.12. The lowest BCUT2D eigenvalue weighted by Gasteiger charge is -2.22. The predicted octanol–water partition coefficient (Wildman–Crippen LogP) is 4.12. The molecule has 0 spiro atoms. The Kier molecular flexibility index (Phi) is 5.22. The molecule has 0 fully saturated rings. The van der Waals surface area contributed by atoms with Gasteiger partial charge in [-0.15, -0.1) is 0 Å². The highest BCUT2D eigenvalue weighted by atomic mass is 15.2. The van der Waals surface area contributed by atoms with Crippen LogP contribution in [-0.2, 0) is 6.54 Å². The highest BCUT2D eigenvalue weighted by Gasteiger charge is 2.09. The van der Waals surface area contributed by atoms with Crippen LogP contribution >= 0.6 is 0 Å². The number of aromatic nitrogens is 2. The number of hydrogen-bond acceptors (Lipinski definition) is 5. The van der Waals surface area contributed by atoms with E-state index >= 15 is 0 Å². The lowest BCUT2D eigenvalue weighted by Crippen LogP contribution is -2.23. The van der Waals surface area contributed by atoms with Crippen LogP contribution in [0, 0.1) is 11.3 Å². The number of para-hydroxylation sites is 1. The molecule has 0 aliphatic heterocycles. The van der Waals surface area contributed by atoms with E-state index in [1.807, 2.05) is 42.5 Å². The standard InChI is InChI=1S/C20H19N5/c1-2-25(15-16-8-4-3-5-9-16)19-12-13-22-20(24-19)23-18-11-7-6-10-17(18)14-21/h3-13H,2,15H2,1H3,(H,22,23,24). The summed E-state index contributed by atoms with van der Waals surface area (Å²) in [6.07, 6.45) is 1.73. The van der Waals surface area contributed by atoms with Crippen LogP contribution in [-0.4, -0.2) is 16.5 Å². The van der Waals surface area contributed by atoms with Crippen LogP contribution in [0.25, 0.3) is 0 Å². The van der Waals surface area contributed by atoms with Gasteiger partial charge in [0.1, 0.15) is 11.9 Å². The van der Waals surface area contributed by atoms with Gasteiger partial charge >= 0.3 is 0 Å². The molecule has 0 unspecified atom stereocenters. The Hall–Kier alpha value is -3.39. The summed E-state index contributed by atoms with van der Waals surface area (Å²) < 4.78 is 0. The van der Waals surface area contributed by atoms with Crippen LogP contribution in [0.2, 0.25) is 0 Å². The van der Waals surface area contributed by atoms with Gasteiger partial charge in [-0.3, -0.25) is 0 Å². The molecule has 0 aliphatic carbocycles. The van der Waals surface area contributed by atoms with Gasteiger partial charge in [0.2, 0.25) is 5.95 Å². The van der Waals surface area contributed by atoms with E-state index in [2.05, 4.69) is 45.3 Å². The van der Waals surface area contributed by atoms with E-state index in [-0.39, 0.29) is 0 Å². The molecule has 1 N–H and O–H groups in total. The summed E-state index contributed by atoms with van der Waals surface area (Å²) in [6, 6.07) is 21.7. The molecule has 1 heterocycles. The first-order chi connectivity index (χ1) is 12.3. The highest BCUT2D eigenvalue weighted by molar-refractivity contribution is 5.63. The van der Waals surface area contributed by atoms with E-state index in [1.165, 1.54) is 5.56 Å². The van der Waals surface area contributed by atoms with Crippen molar-refractivity contribution in [2.75, 3.05) is 16.8 Å². The van der Waals surface area contributed by atoms with Crippen LogP contribution < -0.4 is 10.2 Å². The minimum Gasteiger partial charge on any atom is -0.352 e. The van der Waals surface area contributed by atoms with Crippen LogP contribution in [0.1, 0.15) is 18.1 Å². The summed E-state index contributed by atoms with van der Waals surface area (Å²) in [5.74, 6) is 1.32. The van der Waals surface area contributed by atoms with E-state index in [0.717, 1.165) is 18.9 Å². The van der Waals surface area contributed by atoms with Gasteiger partial charge in [-0.2, -0.15) is 10.2 Å². The molecule has 0 amide bonds. The highest BCUT2D eigenvalue weighted by Crippen LogP contribution is 2.20. The lowest BCUT2D eigenvalue weighted by atomic mass is 10.2. The predicted molar refractivity (Wildman–Crippen MR) is 99.6 cm³/mol. The topological polar surface area (TPSA) is 64.8 Å². The van der Waals surface area contributed by atoms with E-state index in [0.29, 0.717) is 17.2 Å². The zero-order chi connectivity index (χ0) is 17.5. The van der Waals surface area contributed by atoms with Crippen LogP contribution in [0.4, 0.5) is 17.5 Å². The monoisotopic (exact) mass is 329 g/mol. The van der Waals surface area contributed by atoms with E-state index < -0.39 is 0 Å². The average molecular weight is 329 g/mol. The fourth-order valence-electron chi connectivity index (χ4n) is 2.55. The minimum atomic E-state index is 0.478. The van der Waals surface area contributed by atoms with Crippen LogP contribution in [0.15, 0.2) is 66.9 Å². The first-order valence-corrected chi connectivity index (χ1v) is 8.18. The maximum Gasteiger partial charge on any atom is 0.229 e. The second-order valence-electron chi connectivity index (χ2n) is 5.52. The molecule has 124 valence electrons.